The topological polar surface area (TPSA) is 55.8 Å². The van der Waals surface area contributed by atoms with E-state index in [-0.39, 0.29) is 13.2 Å². The van der Waals surface area contributed by atoms with E-state index in [1.54, 1.807) is 13.0 Å². The number of aliphatic hydroxyl groups excluding tert-OH is 1. The molecule has 0 aliphatic carbocycles. The van der Waals surface area contributed by atoms with Gasteiger partial charge in [0.15, 0.2) is 0 Å². The first-order valence-electron chi connectivity index (χ1n) is 5.91. The normalized spacial score (nSPS) is 11.8. The predicted molar refractivity (Wildman–Crippen MR) is 83.9 cm³/mol. The molecule has 0 aliphatic heterocycles. The average molecular weight is 408 g/mol. The van der Waals surface area contributed by atoms with Crippen LogP contribution in [-0.2, 0) is 9.53 Å². The SMILES string of the molecule is C=C(C)C(=O)OCC(O)COc1ccc(Br)c(C)c1Br. The molecule has 20 heavy (non-hydrogen) atoms. The first kappa shape index (κ1) is 17.2. The Bertz CT molecular complexity index is 514. The number of rotatable bonds is 6. The monoisotopic (exact) mass is 406 g/mol. The molecular formula is C14H16Br2O4. The van der Waals surface area contributed by atoms with Gasteiger partial charge in [0.2, 0.25) is 0 Å². The largest absolute Gasteiger partial charge is 0.490 e. The second-order valence-electron chi connectivity index (χ2n) is 4.33. The molecule has 0 spiro atoms. The van der Waals surface area contributed by atoms with Crippen molar-refractivity contribution in [3.8, 4) is 5.75 Å². The molecule has 1 aromatic rings. The summed E-state index contributed by atoms with van der Waals surface area (Å²) in [6.07, 6.45) is -0.894. The van der Waals surface area contributed by atoms with Gasteiger partial charge in [-0.3, -0.25) is 0 Å². The van der Waals surface area contributed by atoms with E-state index in [4.69, 9.17) is 9.47 Å². The van der Waals surface area contributed by atoms with Crippen molar-refractivity contribution in [1.29, 1.82) is 0 Å². The summed E-state index contributed by atoms with van der Waals surface area (Å²) in [5, 5.41) is 9.70. The van der Waals surface area contributed by atoms with Crippen LogP contribution in [0.4, 0.5) is 0 Å². The van der Waals surface area contributed by atoms with E-state index >= 15 is 0 Å². The summed E-state index contributed by atoms with van der Waals surface area (Å²) < 4.78 is 12.1. The fourth-order valence-electron chi connectivity index (χ4n) is 1.28. The lowest BCUT2D eigenvalue weighted by Crippen LogP contribution is -2.25. The Labute approximate surface area is 135 Å². The maximum atomic E-state index is 11.2. The van der Waals surface area contributed by atoms with Gasteiger partial charge in [0, 0.05) is 10.0 Å². The number of esters is 1. The van der Waals surface area contributed by atoms with E-state index in [2.05, 4.69) is 38.4 Å². The summed E-state index contributed by atoms with van der Waals surface area (Å²) in [4.78, 5) is 11.2. The van der Waals surface area contributed by atoms with Crippen molar-refractivity contribution in [3.63, 3.8) is 0 Å². The maximum Gasteiger partial charge on any atom is 0.333 e. The van der Waals surface area contributed by atoms with Gasteiger partial charge in [-0.05, 0) is 47.5 Å². The zero-order valence-electron chi connectivity index (χ0n) is 11.3. The van der Waals surface area contributed by atoms with Gasteiger partial charge >= 0.3 is 5.97 Å². The molecule has 0 fully saturated rings. The van der Waals surface area contributed by atoms with Crippen LogP contribution in [0.3, 0.4) is 0 Å². The highest BCUT2D eigenvalue weighted by molar-refractivity contribution is 9.11. The Morgan fingerprint density at radius 3 is 2.65 bits per heavy atom. The fourth-order valence-corrected chi connectivity index (χ4v) is 2.33. The summed E-state index contributed by atoms with van der Waals surface area (Å²) in [6.45, 7) is 6.85. The van der Waals surface area contributed by atoms with Gasteiger partial charge in [-0.1, -0.05) is 22.5 Å². The zero-order valence-corrected chi connectivity index (χ0v) is 14.5. The Kier molecular flexibility index (Phi) is 6.71. The van der Waals surface area contributed by atoms with E-state index < -0.39 is 12.1 Å². The minimum Gasteiger partial charge on any atom is -0.490 e. The Balaban J connectivity index is 2.49. The van der Waals surface area contributed by atoms with E-state index in [0.29, 0.717) is 11.3 Å². The molecule has 0 saturated carbocycles. The lowest BCUT2D eigenvalue weighted by atomic mass is 10.2. The molecule has 0 bridgehead atoms. The van der Waals surface area contributed by atoms with Crippen LogP contribution >= 0.6 is 31.9 Å². The molecule has 0 heterocycles. The minimum absolute atomic E-state index is 0.0309. The molecule has 0 aliphatic rings. The van der Waals surface area contributed by atoms with Crippen molar-refractivity contribution in [3.05, 3.63) is 38.8 Å². The Hall–Kier alpha value is -0.850. The van der Waals surface area contributed by atoms with E-state index in [1.807, 2.05) is 13.0 Å². The molecule has 1 N–H and O–H groups in total. The third kappa shape index (κ3) is 4.92. The van der Waals surface area contributed by atoms with E-state index in [1.165, 1.54) is 0 Å². The van der Waals surface area contributed by atoms with Crippen LogP contribution in [0.25, 0.3) is 0 Å². The van der Waals surface area contributed by atoms with Crippen LogP contribution < -0.4 is 4.74 Å². The van der Waals surface area contributed by atoms with E-state index in [0.717, 1.165) is 14.5 Å². The Morgan fingerprint density at radius 1 is 1.40 bits per heavy atom. The third-order valence-electron chi connectivity index (χ3n) is 2.47. The Morgan fingerprint density at radius 2 is 2.05 bits per heavy atom. The molecule has 0 amide bonds. The van der Waals surface area contributed by atoms with Crippen LogP contribution in [0.15, 0.2) is 33.2 Å². The molecule has 1 atom stereocenters. The first-order valence-corrected chi connectivity index (χ1v) is 7.49. The molecule has 110 valence electrons. The van der Waals surface area contributed by atoms with Gasteiger partial charge in [0.1, 0.15) is 25.1 Å². The fraction of sp³-hybridized carbons (Fsp3) is 0.357. The highest BCUT2D eigenvalue weighted by Gasteiger charge is 2.12. The van der Waals surface area contributed by atoms with Crippen LogP contribution in [0.5, 0.6) is 5.75 Å². The number of carbonyl (C=O) groups is 1. The van der Waals surface area contributed by atoms with Crippen molar-refractivity contribution in [2.45, 2.75) is 20.0 Å². The number of ether oxygens (including phenoxy) is 2. The number of benzene rings is 1. The van der Waals surface area contributed by atoms with Gasteiger partial charge in [-0.25, -0.2) is 4.79 Å². The smallest absolute Gasteiger partial charge is 0.333 e. The van der Waals surface area contributed by atoms with Crippen molar-refractivity contribution in [1.82, 2.24) is 0 Å². The third-order valence-corrected chi connectivity index (χ3v) is 4.32. The van der Waals surface area contributed by atoms with Gasteiger partial charge in [-0.2, -0.15) is 0 Å². The van der Waals surface area contributed by atoms with Crippen LogP contribution in [0.2, 0.25) is 0 Å². The van der Waals surface area contributed by atoms with Crippen molar-refractivity contribution < 1.29 is 19.4 Å². The summed E-state index contributed by atoms with van der Waals surface area (Å²) in [5.41, 5.74) is 1.30. The zero-order chi connectivity index (χ0) is 15.3. The average Bonchev–Trinajstić information content (AvgIpc) is 2.41. The van der Waals surface area contributed by atoms with Gasteiger partial charge in [0.05, 0.1) is 4.47 Å². The number of halogens is 2. The molecule has 1 rings (SSSR count). The lowest BCUT2D eigenvalue weighted by molar-refractivity contribution is -0.142. The summed E-state index contributed by atoms with van der Waals surface area (Å²) in [5.74, 6) is 0.0979. The lowest BCUT2D eigenvalue weighted by Gasteiger charge is -2.15. The second-order valence-corrected chi connectivity index (χ2v) is 5.98. The molecule has 1 aromatic carbocycles. The van der Waals surface area contributed by atoms with Crippen LogP contribution in [0, 0.1) is 6.92 Å². The summed E-state index contributed by atoms with van der Waals surface area (Å²) in [6, 6.07) is 3.65. The molecule has 0 saturated heterocycles. The number of aliphatic hydroxyl groups is 1. The summed E-state index contributed by atoms with van der Waals surface area (Å²) in [7, 11) is 0. The molecule has 0 radical (unpaired) electrons. The highest BCUT2D eigenvalue weighted by Crippen LogP contribution is 2.33. The van der Waals surface area contributed by atoms with Crippen LogP contribution in [-0.4, -0.2) is 30.4 Å². The first-order chi connectivity index (χ1) is 9.32. The highest BCUT2D eigenvalue weighted by atomic mass is 79.9. The predicted octanol–water partition coefficient (Wildman–Crippen LogP) is 3.38. The van der Waals surface area contributed by atoms with Gasteiger partial charge in [0.25, 0.3) is 0 Å². The maximum absolute atomic E-state index is 11.2. The second kappa shape index (κ2) is 7.81. The molecule has 4 nitrogen and oxygen atoms in total. The van der Waals surface area contributed by atoms with Gasteiger partial charge < -0.3 is 14.6 Å². The van der Waals surface area contributed by atoms with Crippen molar-refractivity contribution >= 4 is 37.8 Å². The van der Waals surface area contributed by atoms with E-state index in [9.17, 15) is 9.90 Å². The summed E-state index contributed by atoms with van der Waals surface area (Å²) >= 11 is 6.84. The van der Waals surface area contributed by atoms with Crippen LogP contribution in [0.1, 0.15) is 12.5 Å². The van der Waals surface area contributed by atoms with Crippen molar-refractivity contribution in [2.75, 3.05) is 13.2 Å². The minimum atomic E-state index is -0.894. The standard InChI is InChI=1S/C14H16Br2O4/c1-8(2)14(18)20-7-10(17)6-19-12-5-4-11(15)9(3)13(12)16/h4-5,10,17H,1,6-7H2,2-3H3. The molecule has 6 heteroatoms. The number of hydrogen-bond acceptors (Lipinski definition) is 4. The van der Waals surface area contributed by atoms with Gasteiger partial charge in [-0.15, -0.1) is 0 Å². The quantitative estimate of drug-likeness (QED) is 0.580. The number of hydrogen-bond donors (Lipinski definition) is 1. The van der Waals surface area contributed by atoms with Crippen molar-refractivity contribution in [2.24, 2.45) is 0 Å². The molecule has 1 unspecified atom stereocenters. The number of carbonyl (C=O) groups excluding carboxylic acids is 1. The molecule has 0 aromatic heterocycles. The molecular weight excluding hydrogens is 392 g/mol.